The molecule has 0 aliphatic heterocycles. The highest BCUT2D eigenvalue weighted by Gasteiger charge is 2.01. The maximum absolute atomic E-state index is 11.4. The quantitative estimate of drug-likeness (QED) is 0.652. The Morgan fingerprint density at radius 2 is 2.00 bits per heavy atom. The molecule has 1 aromatic rings. The monoisotopic (exact) mass is 275 g/mol. The number of urea groups is 1. The van der Waals surface area contributed by atoms with E-state index in [1.807, 2.05) is 6.07 Å². The van der Waals surface area contributed by atoms with Crippen molar-refractivity contribution in [3.63, 3.8) is 0 Å². The Kier molecular flexibility index (Phi) is 6.62. The summed E-state index contributed by atoms with van der Waals surface area (Å²) in [5, 5.41) is 22.5. The van der Waals surface area contributed by atoms with Crippen LogP contribution in [0.2, 0.25) is 0 Å². The number of carbonyl (C=O) groups is 2. The Morgan fingerprint density at radius 1 is 1.25 bits per heavy atom. The first-order chi connectivity index (χ1) is 9.61. The van der Waals surface area contributed by atoms with Gasteiger partial charge >= 0.3 is 12.0 Å². The summed E-state index contributed by atoms with van der Waals surface area (Å²) < 4.78 is 0. The van der Waals surface area contributed by atoms with E-state index in [4.69, 9.17) is 10.4 Å². The SMILES string of the molecule is N#Cc1cccc(CCNC(=O)NCCCC(=O)O)c1. The number of hydrogen-bond acceptors (Lipinski definition) is 3. The molecule has 2 amide bonds. The number of aliphatic carboxylic acids is 1. The number of nitrogens with one attached hydrogen (secondary N) is 2. The fraction of sp³-hybridized carbons (Fsp3) is 0.357. The molecule has 0 unspecified atom stereocenters. The zero-order valence-electron chi connectivity index (χ0n) is 11.1. The van der Waals surface area contributed by atoms with E-state index in [2.05, 4.69) is 16.7 Å². The second kappa shape index (κ2) is 8.53. The van der Waals surface area contributed by atoms with E-state index in [0.29, 0.717) is 31.5 Å². The molecule has 106 valence electrons. The van der Waals surface area contributed by atoms with Crippen LogP contribution in [0.25, 0.3) is 0 Å². The van der Waals surface area contributed by atoms with Crippen LogP contribution in [0, 0.1) is 11.3 Å². The average Bonchev–Trinajstić information content (AvgIpc) is 2.43. The summed E-state index contributed by atoms with van der Waals surface area (Å²) in [4.78, 5) is 21.7. The number of amides is 2. The number of carbonyl (C=O) groups excluding carboxylic acids is 1. The minimum atomic E-state index is -0.871. The van der Waals surface area contributed by atoms with Gasteiger partial charge in [0.05, 0.1) is 11.6 Å². The van der Waals surface area contributed by atoms with E-state index in [1.54, 1.807) is 18.2 Å². The Bertz CT molecular complexity index is 509. The maximum Gasteiger partial charge on any atom is 0.314 e. The van der Waals surface area contributed by atoms with Crippen LogP contribution >= 0.6 is 0 Å². The first-order valence-electron chi connectivity index (χ1n) is 6.34. The summed E-state index contributed by atoms with van der Waals surface area (Å²) in [6.07, 6.45) is 1.09. The lowest BCUT2D eigenvalue weighted by Gasteiger charge is -2.07. The number of rotatable bonds is 7. The van der Waals surface area contributed by atoms with Crippen LogP contribution < -0.4 is 10.6 Å². The molecule has 0 saturated carbocycles. The van der Waals surface area contributed by atoms with Crippen LogP contribution in [0.1, 0.15) is 24.0 Å². The van der Waals surface area contributed by atoms with Crippen molar-refractivity contribution in [2.75, 3.05) is 13.1 Å². The molecule has 0 fully saturated rings. The Morgan fingerprint density at radius 3 is 2.70 bits per heavy atom. The van der Waals surface area contributed by atoms with Gasteiger partial charge in [-0.25, -0.2) is 4.79 Å². The second-order valence-electron chi connectivity index (χ2n) is 4.24. The highest BCUT2D eigenvalue weighted by Crippen LogP contribution is 2.04. The molecule has 1 aromatic carbocycles. The summed E-state index contributed by atoms with van der Waals surface area (Å²) in [6.45, 7) is 0.793. The molecule has 6 nitrogen and oxygen atoms in total. The van der Waals surface area contributed by atoms with Crippen molar-refractivity contribution in [3.8, 4) is 6.07 Å². The second-order valence-corrected chi connectivity index (χ2v) is 4.24. The first kappa shape index (κ1) is 15.5. The zero-order chi connectivity index (χ0) is 14.8. The molecule has 1 rings (SSSR count). The predicted octanol–water partition coefficient (Wildman–Crippen LogP) is 1.26. The van der Waals surface area contributed by atoms with Gasteiger partial charge in [0.15, 0.2) is 0 Å². The third-order valence-electron chi connectivity index (χ3n) is 2.61. The smallest absolute Gasteiger partial charge is 0.314 e. The van der Waals surface area contributed by atoms with E-state index in [-0.39, 0.29) is 12.5 Å². The molecule has 3 N–H and O–H groups in total. The fourth-order valence-corrected chi connectivity index (χ4v) is 1.62. The molecule has 0 aromatic heterocycles. The van der Waals surface area contributed by atoms with Gasteiger partial charge in [-0.05, 0) is 30.5 Å². The maximum atomic E-state index is 11.4. The van der Waals surface area contributed by atoms with Gasteiger partial charge in [0.1, 0.15) is 0 Å². The summed E-state index contributed by atoms with van der Waals surface area (Å²) in [5.74, 6) is -0.871. The van der Waals surface area contributed by atoms with Crippen LogP contribution in [0.15, 0.2) is 24.3 Å². The molecule has 0 spiro atoms. The standard InChI is InChI=1S/C14H17N3O3/c15-10-12-4-1-3-11(9-12)6-8-17-14(20)16-7-2-5-13(18)19/h1,3-4,9H,2,5-8H2,(H,18,19)(H2,16,17,20). The van der Waals surface area contributed by atoms with Gasteiger partial charge in [-0.1, -0.05) is 12.1 Å². The lowest BCUT2D eigenvalue weighted by molar-refractivity contribution is -0.137. The lowest BCUT2D eigenvalue weighted by Crippen LogP contribution is -2.37. The van der Waals surface area contributed by atoms with Crippen molar-refractivity contribution in [1.29, 1.82) is 5.26 Å². The topological polar surface area (TPSA) is 102 Å². The van der Waals surface area contributed by atoms with Crippen molar-refractivity contribution in [2.24, 2.45) is 0 Å². The van der Waals surface area contributed by atoms with Crippen LogP contribution in [0.3, 0.4) is 0 Å². The minimum Gasteiger partial charge on any atom is -0.481 e. The lowest BCUT2D eigenvalue weighted by atomic mass is 10.1. The van der Waals surface area contributed by atoms with Gasteiger partial charge in [-0.3, -0.25) is 4.79 Å². The highest BCUT2D eigenvalue weighted by atomic mass is 16.4. The number of carboxylic acid groups (broad SMARTS) is 1. The van der Waals surface area contributed by atoms with E-state index < -0.39 is 5.97 Å². The van der Waals surface area contributed by atoms with Crippen molar-refractivity contribution >= 4 is 12.0 Å². The van der Waals surface area contributed by atoms with Crippen LogP contribution in [-0.2, 0) is 11.2 Å². The van der Waals surface area contributed by atoms with Crippen LogP contribution in [-0.4, -0.2) is 30.2 Å². The van der Waals surface area contributed by atoms with Crippen molar-refractivity contribution < 1.29 is 14.7 Å². The first-order valence-corrected chi connectivity index (χ1v) is 6.34. The minimum absolute atomic E-state index is 0.0429. The van der Waals surface area contributed by atoms with E-state index in [0.717, 1.165) is 5.56 Å². The number of hydrogen-bond donors (Lipinski definition) is 3. The van der Waals surface area contributed by atoms with Gasteiger partial charge in [0, 0.05) is 19.5 Å². The van der Waals surface area contributed by atoms with Crippen molar-refractivity contribution in [3.05, 3.63) is 35.4 Å². The number of nitriles is 1. The number of benzene rings is 1. The predicted molar refractivity (Wildman–Crippen MR) is 73.1 cm³/mol. The summed E-state index contributed by atoms with van der Waals surface area (Å²) in [6, 6.07) is 8.96. The van der Waals surface area contributed by atoms with Gasteiger partial charge < -0.3 is 15.7 Å². The molecule has 20 heavy (non-hydrogen) atoms. The van der Waals surface area contributed by atoms with Crippen molar-refractivity contribution in [1.82, 2.24) is 10.6 Å². The zero-order valence-corrected chi connectivity index (χ0v) is 11.1. The Labute approximate surface area is 117 Å². The molecule has 0 radical (unpaired) electrons. The van der Waals surface area contributed by atoms with E-state index in [1.165, 1.54) is 0 Å². The average molecular weight is 275 g/mol. The molecule has 0 aliphatic carbocycles. The van der Waals surface area contributed by atoms with Crippen molar-refractivity contribution in [2.45, 2.75) is 19.3 Å². The van der Waals surface area contributed by atoms with Gasteiger partial charge in [-0.2, -0.15) is 5.26 Å². The molecule has 0 saturated heterocycles. The Hall–Kier alpha value is -2.55. The normalized spacial score (nSPS) is 9.55. The van der Waals surface area contributed by atoms with E-state index >= 15 is 0 Å². The molecule has 0 atom stereocenters. The summed E-state index contributed by atoms with van der Waals surface area (Å²) in [7, 11) is 0. The highest BCUT2D eigenvalue weighted by molar-refractivity contribution is 5.73. The van der Waals surface area contributed by atoms with E-state index in [9.17, 15) is 9.59 Å². The summed E-state index contributed by atoms with van der Waals surface area (Å²) in [5.41, 5.74) is 1.58. The third-order valence-corrected chi connectivity index (χ3v) is 2.61. The molecular weight excluding hydrogens is 258 g/mol. The van der Waals surface area contributed by atoms with Crippen LogP contribution in [0.5, 0.6) is 0 Å². The van der Waals surface area contributed by atoms with Gasteiger partial charge in [-0.15, -0.1) is 0 Å². The van der Waals surface area contributed by atoms with Gasteiger partial charge in [0.25, 0.3) is 0 Å². The summed E-state index contributed by atoms with van der Waals surface area (Å²) >= 11 is 0. The molecule has 0 heterocycles. The van der Waals surface area contributed by atoms with Gasteiger partial charge in [0.2, 0.25) is 0 Å². The molecule has 6 heteroatoms. The van der Waals surface area contributed by atoms with Crippen LogP contribution in [0.4, 0.5) is 4.79 Å². The molecular formula is C14H17N3O3. The molecule has 0 aliphatic rings. The molecule has 0 bridgehead atoms. The Balaban J connectivity index is 2.18. The largest absolute Gasteiger partial charge is 0.481 e. The number of carboxylic acids is 1. The fourth-order valence-electron chi connectivity index (χ4n) is 1.62. The third kappa shape index (κ3) is 6.40. The number of nitrogens with zero attached hydrogens (tertiary/aromatic N) is 1.